The highest BCUT2D eigenvalue weighted by Gasteiger charge is 2.14. The number of hydrogen-bond acceptors (Lipinski definition) is 3. The minimum absolute atomic E-state index is 0.281. The van der Waals surface area contributed by atoms with Crippen LogP contribution in [-0.2, 0) is 11.3 Å². The maximum Gasteiger partial charge on any atom is 0.337 e. The third kappa shape index (κ3) is 2.56. The lowest BCUT2D eigenvalue weighted by molar-refractivity contribution is 0.0601. The summed E-state index contributed by atoms with van der Waals surface area (Å²) in [6.45, 7) is 3.29. The van der Waals surface area contributed by atoms with Gasteiger partial charge in [0, 0.05) is 23.6 Å². The average molecular weight is 272 g/mol. The van der Waals surface area contributed by atoms with Crippen LogP contribution in [0, 0.1) is 0 Å². The number of fused-ring (bicyclic) bond motifs is 1. The molecule has 0 aliphatic carbocycles. The van der Waals surface area contributed by atoms with Crippen LogP contribution in [0.5, 0.6) is 0 Å². The summed E-state index contributed by atoms with van der Waals surface area (Å²) in [6.07, 6.45) is 5.97. The van der Waals surface area contributed by atoms with E-state index < -0.39 is 0 Å². The number of hydrogen-bond donors (Lipinski definition) is 1. The Labute approximate surface area is 118 Å². The first-order chi connectivity index (χ1) is 9.78. The molecule has 4 nitrogen and oxygen atoms in total. The summed E-state index contributed by atoms with van der Waals surface area (Å²) in [7, 11) is 1.41. The Morgan fingerprint density at radius 2 is 2.10 bits per heavy atom. The second-order valence-corrected chi connectivity index (χ2v) is 5.40. The molecule has 0 radical (unpaired) electrons. The van der Waals surface area contributed by atoms with Crippen LogP contribution in [0.4, 0.5) is 0 Å². The second-order valence-electron chi connectivity index (χ2n) is 5.40. The Balaban J connectivity index is 1.88. The van der Waals surface area contributed by atoms with Crippen molar-refractivity contribution in [1.82, 2.24) is 9.88 Å². The van der Waals surface area contributed by atoms with E-state index in [4.69, 9.17) is 4.74 Å². The van der Waals surface area contributed by atoms with Gasteiger partial charge in [-0.05, 0) is 49.7 Å². The number of carbonyl (C=O) groups is 1. The molecule has 0 atom stereocenters. The number of aromatic amines is 1. The van der Waals surface area contributed by atoms with Gasteiger partial charge in [0.25, 0.3) is 0 Å². The standard InChI is InChI=1S/C16H20N2O2/c1-20-16(19)12-5-6-15-14(9-12)13(10-17-15)11-18-7-3-2-4-8-18/h5-6,9-10,17H,2-4,7-8,11H2,1H3. The molecule has 1 fully saturated rings. The summed E-state index contributed by atoms with van der Waals surface area (Å²) < 4.78 is 4.79. The van der Waals surface area contributed by atoms with Gasteiger partial charge in [0.2, 0.25) is 0 Å². The minimum Gasteiger partial charge on any atom is -0.465 e. The fraction of sp³-hybridized carbons (Fsp3) is 0.438. The normalized spacial score (nSPS) is 16.4. The van der Waals surface area contributed by atoms with Gasteiger partial charge in [0.1, 0.15) is 0 Å². The van der Waals surface area contributed by atoms with Gasteiger partial charge in [-0.15, -0.1) is 0 Å². The first-order valence-corrected chi connectivity index (χ1v) is 7.18. The largest absolute Gasteiger partial charge is 0.465 e. The van der Waals surface area contributed by atoms with Crippen LogP contribution in [0.2, 0.25) is 0 Å². The van der Waals surface area contributed by atoms with Gasteiger partial charge >= 0.3 is 5.97 Å². The zero-order valence-electron chi connectivity index (χ0n) is 11.8. The van der Waals surface area contributed by atoms with E-state index in [-0.39, 0.29) is 5.97 Å². The molecule has 0 spiro atoms. The number of carbonyl (C=O) groups excluding carboxylic acids is 1. The molecule has 2 aromatic rings. The summed E-state index contributed by atoms with van der Waals surface area (Å²) in [5, 5.41) is 1.12. The number of rotatable bonds is 3. The van der Waals surface area contributed by atoms with Crippen LogP contribution in [-0.4, -0.2) is 36.1 Å². The quantitative estimate of drug-likeness (QED) is 0.874. The van der Waals surface area contributed by atoms with Gasteiger partial charge < -0.3 is 9.72 Å². The monoisotopic (exact) mass is 272 g/mol. The van der Waals surface area contributed by atoms with Crippen LogP contribution >= 0.6 is 0 Å². The number of nitrogens with one attached hydrogen (secondary N) is 1. The minimum atomic E-state index is -0.281. The van der Waals surface area contributed by atoms with Crippen molar-refractivity contribution < 1.29 is 9.53 Å². The molecule has 1 aromatic heterocycles. The van der Waals surface area contributed by atoms with Gasteiger partial charge in [0.15, 0.2) is 0 Å². The number of benzene rings is 1. The van der Waals surface area contributed by atoms with E-state index in [0.29, 0.717) is 5.56 Å². The Bertz CT molecular complexity index is 612. The van der Waals surface area contributed by atoms with E-state index >= 15 is 0 Å². The highest BCUT2D eigenvalue weighted by atomic mass is 16.5. The summed E-state index contributed by atoms with van der Waals surface area (Å²) in [5.41, 5.74) is 2.94. The zero-order chi connectivity index (χ0) is 13.9. The SMILES string of the molecule is COC(=O)c1ccc2[nH]cc(CN3CCCCC3)c2c1. The fourth-order valence-electron chi connectivity index (χ4n) is 2.91. The van der Waals surface area contributed by atoms with E-state index in [1.165, 1.54) is 45.0 Å². The van der Waals surface area contributed by atoms with Gasteiger partial charge in [-0.2, -0.15) is 0 Å². The lowest BCUT2D eigenvalue weighted by Gasteiger charge is -2.26. The van der Waals surface area contributed by atoms with Crippen molar-refractivity contribution >= 4 is 16.9 Å². The summed E-state index contributed by atoms with van der Waals surface area (Å²) >= 11 is 0. The van der Waals surface area contributed by atoms with Gasteiger partial charge in [-0.3, -0.25) is 4.90 Å². The van der Waals surface area contributed by atoms with Crippen molar-refractivity contribution in [2.24, 2.45) is 0 Å². The van der Waals surface area contributed by atoms with Crippen molar-refractivity contribution in [3.05, 3.63) is 35.5 Å². The van der Waals surface area contributed by atoms with Crippen molar-refractivity contribution in [1.29, 1.82) is 0 Å². The van der Waals surface area contributed by atoms with E-state index in [9.17, 15) is 4.79 Å². The highest BCUT2D eigenvalue weighted by Crippen LogP contribution is 2.23. The average Bonchev–Trinajstić information content (AvgIpc) is 2.90. The van der Waals surface area contributed by atoms with Crippen molar-refractivity contribution in [3.63, 3.8) is 0 Å². The number of nitrogens with zero attached hydrogens (tertiary/aromatic N) is 1. The maximum atomic E-state index is 11.6. The Morgan fingerprint density at radius 3 is 2.85 bits per heavy atom. The van der Waals surface area contributed by atoms with Crippen molar-refractivity contribution in [3.8, 4) is 0 Å². The number of ether oxygens (including phenoxy) is 1. The number of esters is 1. The molecule has 0 amide bonds. The Kier molecular flexibility index (Phi) is 3.74. The number of likely N-dealkylation sites (tertiary alicyclic amines) is 1. The molecule has 0 saturated carbocycles. The maximum absolute atomic E-state index is 11.6. The van der Waals surface area contributed by atoms with Crippen LogP contribution in [0.25, 0.3) is 10.9 Å². The molecular formula is C16H20N2O2. The summed E-state index contributed by atoms with van der Waals surface area (Å²) in [5.74, 6) is -0.281. The molecule has 3 rings (SSSR count). The fourth-order valence-corrected chi connectivity index (χ4v) is 2.91. The first kappa shape index (κ1) is 13.2. The molecule has 4 heteroatoms. The van der Waals surface area contributed by atoms with Crippen molar-refractivity contribution in [2.75, 3.05) is 20.2 Å². The molecule has 2 heterocycles. The molecule has 0 unspecified atom stereocenters. The molecule has 1 aliphatic rings. The number of H-pyrrole nitrogens is 1. The van der Waals surface area contributed by atoms with E-state index in [0.717, 1.165) is 17.4 Å². The van der Waals surface area contributed by atoms with Crippen LogP contribution < -0.4 is 0 Å². The Morgan fingerprint density at radius 1 is 1.30 bits per heavy atom. The van der Waals surface area contributed by atoms with Gasteiger partial charge in [-0.1, -0.05) is 6.42 Å². The van der Waals surface area contributed by atoms with Gasteiger partial charge in [0.05, 0.1) is 12.7 Å². The zero-order valence-corrected chi connectivity index (χ0v) is 11.8. The predicted octanol–water partition coefficient (Wildman–Crippen LogP) is 2.94. The third-order valence-electron chi connectivity index (χ3n) is 4.03. The van der Waals surface area contributed by atoms with Gasteiger partial charge in [-0.25, -0.2) is 4.79 Å². The molecule has 106 valence electrons. The van der Waals surface area contributed by atoms with E-state index in [1.54, 1.807) is 6.07 Å². The van der Waals surface area contributed by atoms with Crippen molar-refractivity contribution in [2.45, 2.75) is 25.8 Å². The lowest BCUT2D eigenvalue weighted by atomic mass is 10.1. The summed E-state index contributed by atoms with van der Waals surface area (Å²) in [4.78, 5) is 17.4. The number of piperidine rings is 1. The number of aromatic nitrogens is 1. The molecule has 20 heavy (non-hydrogen) atoms. The topological polar surface area (TPSA) is 45.3 Å². The van der Waals surface area contributed by atoms with Crippen LogP contribution in [0.3, 0.4) is 0 Å². The molecule has 1 aliphatic heterocycles. The molecule has 1 saturated heterocycles. The van der Waals surface area contributed by atoms with Crippen LogP contribution in [0.1, 0.15) is 35.2 Å². The third-order valence-corrected chi connectivity index (χ3v) is 4.03. The Hall–Kier alpha value is -1.81. The lowest BCUT2D eigenvalue weighted by Crippen LogP contribution is -2.28. The van der Waals surface area contributed by atoms with E-state index in [2.05, 4.69) is 16.1 Å². The number of methoxy groups -OCH3 is 1. The second kappa shape index (κ2) is 5.67. The molecule has 1 aromatic carbocycles. The molecular weight excluding hydrogens is 252 g/mol. The summed E-state index contributed by atoms with van der Waals surface area (Å²) in [6, 6.07) is 5.67. The highest BCUT2D eigenvalue weighted by molar-refractivity contribution is 5.95. The smallest absolute Gasteiger partial charge is 0.337 e. The van der Waals surface area contributed by atoms with Crippen LogP contribution in [0.15, 0.2) is 24.4 Å². The molecule has 1 N–H and O–H groups in total. The predicted molar refractivity (Wildman–Crippen MR) is 78.8 cm³/mol. The molecule has 0 bridgehead atoms. The van der Waals surface area contributed by atoms with E-state index in [1.807, 2.05) is 12.1 Å². The first-order valence-electron chi connectivity index (χ1n) is 7.18.